The second-order valence-corrected chi connectivity index (χ2v) is 10.0. The third kappa shape index (κ3) is 5.00. The van der Waals surface area contributed by atoms with Crippen LogP contribution in [0.25, 0.3) is 0 Å². The van der Waals surface area contributed by atoms with Crippen molar-refractivity contribution in [3.63, 3.8) is 0 Å². The van der Waals surface area contributed by atoms with Crippen LogP contribution in [0.2, 0.25) is 0 Å². The first-order chi connectivity index (χ1) is 17.5. The molecule has 0 saturated heterocycles. The maximum absolute atomic E-state index is 12.8. The fourth-order valence-corrected chi connectivity index (χ4v) is 5.48. The number of nitriles is 1. The molecule has 1 fully saturated rings. The highest BCUT2D eigenvalue weighted by Crippen LogP contribution is 2.51. The van der Waals surface area contributed by atoms with Gasteiger partial charge in [-0.05, 0) is 85.8 Å². The van der Waals surface area contributed by atoms with Gasteiger partial charge in [0.05, 0.1) is 30.0 Å². The SMILES string of the molecule is CCc1ccc2c(c1)[C@@H](C[C@@H](O)[C@H](Cc1cccc(C#N)c1)NC(=O)c1ccno1)CC1(CCC1)O2. The average Bonchev–Trinajstić information content (AvgIpc) is 3.42. The molecule has 0 unspecified atom stereocenters. The number of hydrogen-bond donors (Lipinski definition) is 2. The molecule has 3 aromatic rings. The molecule has 1 aromatic heterocycles. The van der Waals surface area contributed by atoms with Crippen LogP contribution >= 0.6 is 0 Å². The Morgan fingerprint density at radius 2 is 2.11 bits per heavy atom. The first-order valence-corrected chi connectivity index (χ1v) is 12.7. The zero-order valence-corrected chi connectivity index (χ0v) is 20.4. The molecule has 1 spiro atoms. The van der Waals surface area contributed by atoms with Crippen molar-refractivity contribution >= 4 is 5.91 Å². The normalized spacial score (nSPS) is 19.3. The summed E-state index contributed by atoms with van der Waals surface area (Å²) >= 11 is 0. The van der Waals surface area contributed by atoms with E-state index in [-0.39, 0.29) is 17.3 Å². The Labute approximate surface area is 211 Å². The minimum atomic E-state index is -0.819. The molecule has 1 aliphatic carbocycles. The van der Waals surface area contributed by atoms with Gasteiger partial charge < -0.3 is 19.7 Å². The number of aliphatic hydroxyl groups excluding tert-OH is 1. The molecule has 2 N–H and O–H groups in total. The largest absolute Gasteiger partial charge is 0.487 e. The molecular weight excluding hydrogens is 454 g/mol. The lowest BCUT2D eigenvalue weighted by Gasteiger charge is -2.48. The minimum Gasteiger partial charge on any atom is -0.487 e. The van der Waals surface area contributed by atoms with Crippen LogP contribution in [0.15, 0.2) is 59.3 Å². The molecule has 1 amide bonds. The first-order valence-electron chi connectivity index (χ1n) is 12.7. The molecule has 1 saturated carbocycles. The molecule has 2 heterocycles. The molecule has 7 nitrogen and oxygen atoms in total. The summed E-state index contributed by atoms with van der Waals surface area (Å²) in [6, 6.07) is 16.7. The summed E-state index contributed by atoms with van der Waals surface area (Å²) in [6.07, 6.45) is 6.47. The Hall–Kier alpha value is -3.63. The smallest absolute Gasteiger partial charge is 0.290 e. The number of nitrogens with one attached hydrogen (secondary N) is 1. The van der Waals surface area contributed by atoms with Gasteiger partial charge in [0.25, 0.3) is 5.91 Å². The van der Waals surface area contributed by atoms with Gasteiger partial charge in [-0.2, -0.15) is 5.26 Å². The summed E-state index contributed by atoms with van der Waals surface area (Å²) in [5, 5.41) is 27.4. The maximum Gasteiger partial charge on any atom is 0.290 e. The van der Waals surface area contributed by atoms with E-state index in [9.17, 15) is 15.2 Å². The summed E-state index contributed by atoms with van der Waals surface area (Å²) in [4.78, 5) is 12.8. The second-order valence-electron chi connectivity index (χ2n) is 10.0. The monoisotopic (exact) mass is 485 g/mol. The number of amides is 1. The number of fused-ring (bicyclic) bond motifs is 1. The number of hydrogen-bond acceptors (Lipinski definition) is 6. The molecule has 36 heavy (non-hydrogen) atoms. The van der Waals surface area contributed by atoms with E-state index < -0.39 is 18.1 Å². The lowest BCUT2D eigenvalue weighted by molar-refractivity contribution is -0.0391. The highest BCUT2D eigenvalue weighted by atomic mass is 16.5. The fraction of sp³-hybridized carbons (Fsp3) is 0.414. The molecule has 2 aliphatic rings. The van der Waals surface area contributed by atoms with Crippen molar-refractivity contribution in [2.45, 2.75) is 75.5 Å². The molecule has 186 valence electrons. The predicted octanol–water partition coefficient (Wildman–Crippen LogP) is 4.69. The van der Waals surface area contributed by atoms with E-state index >= 15 is 0 Å². The number of aryl methyl sites for hydroxylation is 1. The van der Waals surface area contributed by atoms with Gasteiger partial charge in [-0.25, -0.2) is 0 Å². The molecule has 3 atom stereocenters. The minimum absolute atomic E-state index is 0.0930. The van der Waals surface area contributed by atoms with Gasteiger partial charge in [0.1, 0.15) is 11.4 Å². The highest BCUT2D eigenvalue weighted by Gasteiger charge is 2.46. The van der Waals surface area contributed by atoms with Crippen LogP contribution in [0.5, 0.6) is 5.75 Å². The summed E-state index contributed by atoms with van der Waals surface area (Å²) in [5.74, 6) is 0.699. The Morgan fingerprint density at radius 3 is 2.81 bits per heavy atom. The zero-order chi connectivity index (χ0) is 25.1. The third-order valence-corrected chi connectivity index (χ3v) is 7.61. The molecule has 7 heteroatoms. The third-order valence-electron chi connectivity index (χ3n) is 7.61. The van der Waals surface area contributed by atoms with E-state index in [1.807, 2.05) is 12.1 Å². The Kier molecular flexibility index (Phi) is 6.80. The van der Waals surface area contributed by atoms with Crippen LogP contribution in [0.1, 0.15) is 77.8 Å². The Balaban J connectivity index is 1.41. The van der Waals surface area contributed by atoms with Crippen molar-refractivity contribution in [3.05, 3.63) is 82.7 Å². The molecular formula is C29H31N3O4. The van der Waals surface area contributed by atoms with Gasteiger partial charge in [0.2, 0.25) is 5.76 Å². The second kappa shape index (κ2) is 10.2. The summed E-state index contributed by atoms with van der Waals surface area (Å²) < 4.78 is 11.5. The topological polar surface area (TPSA) is 108 Å². The van der Waals surface area contributed by atoms with Crippen LogP contribution in [-0.2, 0) is 12.8 Å². The van der Waals surface area contributed by atoms with E-state index in [0.29, 0.717) is 18.4 Å². The summed E-state index contributed by atoms with van der Waals surface area (Å²) in [5.41, 5.74) is 3.64. The van der Waals surface area contributed by atoms with Gasteiger partial charge in [0.15, 0.2) is 0 Å². The van der Waals surface area contributed by atoms with Gasteiger partial charge in [-0.3, -0.25) is 4.79 Å². The number of aliphatic hydroxyl groups is 1. The molecule has 0 radical (unpaired) electrons. The number of nitrogens with zero attached hydrogens (tertiary/aromatic N) is 2. The average molecular weight is 486 g/mol. The van der Waals surface area contributed by atoms with Gasteiger partial charge in [0, 0.05) is 6.07 Å². The van der Waals surface area contributed by atoms with E-state index in [4.69, 9.17) is 9.26 Å². The van der Waals surface area contributed by atoms with Crippen LogP contribution in [0.3, 0.4) is 0 Å². The number of rotatable bonds is 8. The lowest BCUT2D eigenvalue weighted by atomic mass is 9.69. The number of carbonyl (C=O) groups excluding carboxylic acids is 1. The van der Waals surface area contributed by atoms with E-state index in [1.165, 1.54) is 17.8 Å². The van der Waals surface area contributed by atoms with Crippen molar-refractivity contribution in [2.75, 3.05) is 0 Å². The molecule has 1 aliphatic heterocycles. The number of benzene rings is 2. The Bertz CT molecular complexity index is 1260. The summed E-state index contributed by atoms with van der Waals surface area (Å²) in [7, 11) is 0. The zero-order valence-electron chi connectivity index (χ0n) is 20.4. The van der Waals surface area contributed by atoms with E-state index in [2.05, 4.69) is 41.7 Å². The number of carbonyl (C=O) groups is 1. The van der Waals surface area contributed by atoms with Gasteiger partial charge >= 0.3 is 0 Å². The van der Waals surface area contributed by atoms with Crippen molar-refractivity contribution in [2.24, 2.45) is 0 Å². The maximum atomic E-state index is 12.8. The molecule has 0 bridgehead atoms. The number of aromatic nitrogens is 1. The highest BCUT2D eigenvalue weighted by molar-refractivity contribution is 5.91. The van der Waals surface area contributed by atoms with Crippen LogP contribution < -0.4 is 10.1 Å². The molecule has 2 aromatic carbocycles. The lowest BCUT2D eigenvalue weighted by Crippen LogP contribution is -2.49. The van der Waals surface area contributed by atoms with Crippen LogP contribution in [-0.4, -0.2) is 33.9 Å². The van der Waals surface area contributed by atoms with Crippen molar-refractivity contribution in [3.8, 4) is 11.8 Å². The number of ether oxygens (including phenoxy) is 1. The van der Waals surface area contributed by atoms with Gasteiger partial charge in [-0.1, -0.05) is 36.3 Å². The standard InChI is InChI=1S/C29H31N3O4/c1-2-19-7-8-26-23(14-19)22(17-29(35-26)10-4-11-29)16-25(33)24(32-28(34)27-9-12-31-36-27)15-20-5-3-6-21(13-20)18-30/h3,5-9,12-14,22,24-25,33H,2,4,10-11,15-17H2,1H3,(H,32,34)/t22-,24-,25+/m0/s1. The van der Waals surface area contributed by atoms with Crippen molar-refractivity contribution < 1.29 is 19.2 Å². The predicted molar refractivity (Wildman–Crippen MR) is 134 cm³/mol. The quantitative estimate of drug-likeness (QED) is 0.479. The first kappa shape index (κ1) is 24.1. The van der Waals surface area contributed by atoms with Crippen molar-refractivity contribution in [1.29, 1.82) is 5.26 Å². The molecule has 5 rings (SSSR count). The Morgan fingerprint density at radius 1 is 1.25 bits per heavy atom. The van der Waals surface area contributed by atoms with Crippen molar-refractivity contribution in [1.82, 2.24) is 10.5 Å². The van der Waals surface area contributed by atoms with Gasteiger partial charge in [-0.15, -0.1) is 0 Å². The van der Waals surface area contributed by atoms with E-state index in [1.54, 1.807) is 12.1 Å². The van der Waals surface area contributed by atoms with E-state index in [0.717, 1.165) is 49.0 Å². The van der Waals surface area contributed by atoms with Crippen LogP contribution in [0.4, 0.5) is 0 Å². The summed E-state index contributed by atoms with van der Waals surface area (Å²) in [6.45, 7) is 2.13. The fourth-order valence-electron chi connectivity index (χ4n) is 5.48. The van der Waals surface area contributed by atoms with Crippen LogP contribution in [0, 0.1) is 11.3 Å².